The van der Waals surface area contributed by atoms with E-state index >= 15 is 0 Å². The zero-order valence-electron chi connectivity index (χ0n) is 29.6. The fourth-order valence-electron chi connectivity index (χ4n) is 7.37. The second kappa shape index (κ2) is 14.7. The van der Waals surface area contributed by atoms with E-state index in [0.29, 0.717) is 41.5 Å². The molecule has 4 aliphatic rings. The van der Waals surface area contributed by atoms with Gasteiger partial charge in [-0.1, -0.05) is 43.7 Å². The molecule has 1 aromatic carbocycles. The summed E-state index contributed by atoms with van der Waals surface area (Å²) >= 11 is 6.54. The maximum atomic E-state index is 14.4. The first-order valence-corrected chi connectivity index (χ1v) is 19.8. The van der Waals surface area contributed by atoms with Crippen LogP contribution in [-0.2, 0) is 24.4 Å². The zero-order valence-corrected chi connectivity index (χ0v) is 31.2. The lowest BCUT2D eigenvalue weighted by atomic mass is 9.88. The number of hydrogen-bond donors (Lipinski definition) is 4. The Labute approximate surface area is 308 Å². The van der Waals surface area contributed by atoms with Crippen LogP contribution < -0.4 is 24.8 Å². The lowest BCUT2D eigenvalue weighted by Gasteiger charge is -2.32. The Bertz CT molecular complexity index is 1890. The number of sulfonamides is 1. The van der Waals surface area contributed by atoms with E-state index in [4.69, 9.17) is 21.1 Å². The van der Waals surface area contributed by atoms with Crippen molar-refractivity contribution < 1.29 is 42.2 Å². The Morgan fingerprint density at radius 3 is 2.58 bits per heavy atom. The van der Waals surface area contributed by atoms with Crippen molar-refractivity contribution in [3.63, 3.8) is 0 Å². The van der Waals surface area contributed by atoms with Gasteiger partial charge in [0.2, 0.25) is 33.6 Å². The molecule has 0 radical (unpaired) electrons. The number of amides is 4. The van der Waals surface area contributed by atoms with Crippen molar-refractivity contribution in [2.45, 2.75) is 108 Å². The van der Waals surface area contributed by atoms with Crippen molar-refractivity contribution in [2.24, 2.45) is 17.8 Å². The van der Waals surface area contributed by atoms with Gasteiger partial charge in [0.05, 0.1) is 17.9 Å². The quantitative estimate of drug-likeness (QED) is 0.284. The summed E-state index contributed by atoms with van der Waals surface area (Å²) < 4.78 is 40.1. The maximum Gasteiger partial charge on any atom is 0.405 e. The first-order chi connectivity index (χ1) is 24.6. The van der Waals surface area contributed by atoms with Crippen LogP contribution >= 0.6 is 11.6 Å². The first kappa shape index (κ1) is 37.6. The van der Waals surface area contributed by atoms with Crippen LogP contribution in [0.4, 0.5) is 4.79 Å². The molecular formula is C36H46ClN5O9S. The van der Waals surface area contributed by atoms with Crippen LogP contribution in [0.2, 0.25) is 5.02 Å². The molecule has 0 spiro atoms. The van der Waals surface area contributed by atoms with E-state index in [1.807, 2.05) is 32.9 Å². The van der Waals surface area contributed by atoms with Gasteiger partial charge in [-0.3, -0.25) is 19.1 Å². The molecule has 6 rings (SSSR count). The minimum absolute atomic E-state index is 0.0280. The predicted molar refractivity (Wildman–Crippen MR) is 192 cm³/mol. The zero-order chi connectivity index (χ0) is 37.5. The lowest BCUT2D eigenvalue weighted by Crippen LogP contribution is -2.59. The van der Waals surface area contributed by atoms with E-state index in [1.165, 1.54) is 4.90 Å². The highest BCUT2D eigenvalue weighted by Gasteiger charge is 2.62. The van der Waals surface area contributed by atoms with E-state index in [9.17, 15) is 32.7 Å². The highest BCUT2D eigenvalue weighted by molar-refractivity contribution is 7.91. The van der Waals surface area contributed by atoms with Gasteiger partial charge in [-0.05, 0) is 76.3 Å². The standard InChI is InChI=1S/C36H46ClN5O9S/c1-19(2)50-29-16-26-25(10-7-11-27(26)37)32(38-29)51-23-15-28-31(43)40-36(34(45)41-52(48,49)24-12-13-24)17-22(36)9-6-5-8-20(3)14-21(4)30(39-35(46)47)33(44)42(28)18-23/h6-7,9-11,16,19-24,28,30,39H,5,8,12-15,17-18H2,1-4H3,(H,40,43)(H,41,45)(H,46,47)/t20-,21-,22-,23-,28+,30+,36-/m1/s1. The third-order valence-electron chi connectivity index (χ3n) is 10.3. The van der Waals surface area contributed by atoms with E-state index in [-0.39, 0.29) is 43.2 Å². The number of rotatable bonds is 8. The lowest BCUT2D eigenvalue weighted by molar-refractivity contribution is -0.142. The smallest absolute Gasteiger partial charge is 0.405 e. The summed E-state index contributed by atoms with van der Waals surface area (Å²) in [7, 11) is -3.91. The van der Waals surface area contributed by atoms with Crippen LogP contribution in [0.1, 0.15) is 72.6 Å². The minimum Gasteiger partial charge on any atom is -0.475 e. The van der Waals surface area contributed by atoms with Crippen molar-refractivity contribution in [3.05, 3.63) is 41.4 Å². The van der Waals surface area contributed by atoms with Crippen LogP contribution in [0.3, 0.4) is 0 Å². The topological polar surface area (TPSA) is 193 Å². The summed E-state index contributed by atoms with van der Waals surface area (Å²) in [5.74, 6) is -2.45. The number of benzene rings is 1. The predicted octanol–water partition coefficient (Wildman–Crippen LogP) is 4.16. The molecule has 1 aromatic heterocycles. The second-order valence-corrected chi connectivity index (χ2v) is 17.3. The van der Waals surface area contributed by atoms with Gasteiger partial charge in [0.25, 0.3) is 5.91 Å². The summed E-state index contributed by atoms with van der Waals surface area (Å²) in [4.78, 5) is 60.3. The number of carboxylic acid groups (broad SMARTS) is 1. The molecule has 14 nitrogen and oxygen atoms in total. The van der Waals surface area contributed by atoms with Crippen molar-refractivity contribution in [1.82, 2.24) is 25.2 Å². The number of hydrogen-bond acceptors (Lipinski definition) is 9. The van der Waals surface area contributed by atoms with E-state index < -0.39 is 74.7 Å². The van der Waals surface area contributed by atoms with E-state index in [2.05, 4.69) is 20.3 Å². The minimum atomic E-state index is -3.91. The molecule has 52 heavy (non-hydrogen) atoms. The molecule has 0 unspecified atom stereocenters. The third-order valence-corrected chi connectivity index (χ3v) is 12.4. The van der Waals surface area contributed by atoms with Gasteiger partial charge in [0.15, 0.2) is 0 Å². The summed E-state index contributed by atoms with van der Waals surface area (Å²) in [5, 5.41) is 16.0. The Balaban J connectivity index is 1.36. The van der Waals surface area contributed by atoms with Crippen molar-refractivity contribution in [3.8, 4) is 11.8 Å². The number of allylic oxidation sites excluding steroid dienone is 1. The average Bonchev–Trinajstić information content (AvgIpc) is 3.98. The average molecular weight is 760 g/mol. The van der Waals surface area contributed by atoms with Crippen LogP contribution in [0.15, 0.2) is 36.4 Å². The Hall–Kier alpha value is -4.11. The van der Waals surface area contributed by atoms with Gasteiger partial charge in [-0.15, -0.1) is 0 Å². The Morgan fingerprint density at radius 2 is 1.88 bits per heavy atom. The molecule has 1 saturated heterocycles. The van der Waals surface area contributed by atoms with Gasteiger partial charge < -0.3 is 30.1 Å². The number of fused-ring (bicyclic) bond motifs is 3. The highest BCUT2D eigenvalue weighted by atomic mass is 35.5. The summed E-state index contributed by atoms with van der Waals surface area (Å²) in [5.41, 5.74) is -1.54. The molecule has 16 heteroatoms. The molecule has 2 aromatic rings. The molecule has 2 aliphatic carbocycles. The van der Waals surface area contributed by atoms with Crippen molar-refractivity contribution in [1.29, 1.82) is 0 Å². The molecule has 282 valence electrons. The molecule has 3 heterocycles. The van der Waals surface area contributed by atoms with Crippen molar-refractivity contribution >= 4 is 56.2 Å². The van der Waals surface area contributed by atoms with Gasteiger partial charge in [-0.2, -0.15) is 4.98 Å². The molecule has 0 bridgehead atoms. The summed E-state index contributed by atoms with van der Waals surface area (Å²) in [6.45, 7) is 7.43. The summed E-state index contributed by atoms with van der Waals surface area (Å²) in [6, 6.07) is 4.59. The number of pyridine rings is 1. The molecule has 3 fully saturated rings. The fourth-order valence-corrected chi connectivity index (χ4v) is 8.96. The van der Waals surface area contributed by atoms with Crippen LogP contribution in [0.25, 0.3) is 10.8 Å². The van der Waals surface area contributed by atoms with E-state index in [0.717, 1.165) is 6.42 Å². The van der Waals surface area contributed by atoms with Gasteiger partial charge in [-0.25, -0.2) is 13.2 Å². The second-order valence-electron chi connectivity index (χ2n) is 14.9. The normalized spacial score (nSPS) is 29.7. The van der Waals surface area contributed by atoms with Gasteiger partial charge in [0.1, 0.15) is 23.7 Å². The molecule has 4 amide bonds. The summed E-state index contributed by atoms with van der Waals surface area (Å²) in [6.07, 6.45) is 4.35. The maximum absolute atomic E-state index is 14.4. The number of ether oxygens (including phenoxy) is 2. The molecule has 2 aliphatic heterocycles. The Morgan fingerprint density at radius 1 is 1.13 bits per heavy atom. The van der Waals surface area contributed by atoms with Gasteiger partial charge >= 0.3 is 6.09 Å². The highest BCUT2D eigenvalue weighted by Crippen LogP contribution is 2.46. The number of carbonyl (C=O) groups is 4. The third kappa shape index (κ3) is 8.09. The van der Waals surface area contributed by atoms with Gasteiger partial charge in [0, 0.05) is 34.2 Å². The number of halogens is 1. The number of aromatic nitrogens is 1. The number of nitrogens with one attached hydrogen (secondary N) is 3. The number of carbonyl (C=O) groups excluding carboxylic acids is 3. The SMILES string of the molecule is CC(C)Oc1cc2c(Cl)cccc2c(O[C@@H]2C[C@H]3C(=O)N[C@]4(C(=O)NS(=O)(=O)C5CC5)C[C@H]4C=CCC[C@@H](C)C[C@@H](C)[C@H](NC(=O)O)C(=O)N3C2)n1. The number of nitrogens with zero attached hydrogens (tertiary/aromatic N) is 2. The molecule has 7 atom stereocenters. The fraction of sp³-hybridized carbons (Fsp3) is 0.583. The van der Waals surface area contributed by atoms with Crippen molar-refractivity contribution in [2.75, 3.05) is 6.54 Å². The monoisotopic (exact) mass is 759 g/mol. The van der Waals surface area contributed by atoms with Crippen LogP contribution in [-0.4, -0.2) is 88.8 Å². The molecule has 4 N–H and O–H groups in total. The molecular weight excluding hydrogens is 714 g/mol. The molecule has 2 saturated carbocycles. The first-order valence-electron chi connectivity index (χ1n) is 17.8. The largest absolute Gasteiger partial charge is 0.475 e. The Kier molecular flexibility index (Phi) is 10.7. The van der Waals surface area contributed by atoms with Crippen LogP contribution in [0.5, 0.6) is 11.8 Å². The van der Waals surface area contributed by atoms with Crippen LogP contribution in [0, 0.1) is 17.8 Å². The van der Waals surface area contributed by atoms with E-state index in [1.54, 1.807) is 31.2 Å².